The maximum absolute atomic E-state index is 13.1. The van der Waals surface area contributed by atoms with Crippen LogP contribution in [0.25, 0.3) is 0 Å². The summed E-state index contributed by atoms with van der Waals surface area (Å²) in [6.07, 6.45) is 0.709. The Morgan fingerprint density at radius 3 is 2.86 bits per heavy atom. The Bertz CT molecular complexity index is 339. The summed E-state index contributed by atoms with van der Waals surface area (Å²) < 4.78 is 17.9. The Kier molecular flexibility index (Phi) is 3.89. The summed E-state index contributed by atoms with van der Waals surface area (Å²) in [7, 11) is 0. The van der Waals surface area contributed by atoms with E-state index in [1.54, 1.807) is 0 Å². The monoisotopic (exact) mass is 216 g/mol. The van der Waals surface area contributed by atoms with Crippen LogP contribution < -0.4 is 0 Å². The highest BCUT2D eigenvalue weighted by Crippen LogP contribution is 2.15. The van der Waals surface area contributed by atoms with E-state index in [0.717, 1.165) is 6.07 Å². The van der Waals surface area contributed by atoms with Gasteiger partial charge in [-0.2, -0.15) is 0 Å². The van der Waals surface area contributed by atoms with Gasteiger partial charge in [-0.3, -0.25) is 0 Å². The lowest BCUT2D eigenvalue weighted by Gasteiger charge is -2.03. The van der Waals surface area contributed by atoms with Crippen LogP contribution in [-0.4, -0.2) is 12.6 Å². The van der Waals surface area contributed by atoms with Gasteiger partial charge in [-0.05, 0) is 24.6 Å². The standard InChI is InChI=1S/C10H10ClFO2/c1-2-5-14-10(13)8-4-3-7(11)6-9(8)12/h3-4,6H,2,5H2,1H3. The molecule has 14 heavy (non-hydrogen) atoms. The summed E-state index contributed by atoms with van der Waals surface area (Å²) in [5.74, 6) is -1.31. The first-order valence-corrected chi connectivity index (χ1v) is 4.65. The molecule has 76 valence electrons. The molecule has 0 aliphatic heterocycles. The minimum Gasteiger partial charge on any atom is -0.462 e. The lowest BCUT2D eigenvalue weighted by molar-refractivity contribution is 0.0500. The second-order valence-electron chi connectivity index (χ2n) is 2.76. The van der Waals surface area contributed by atoms with E-state index in [9.17, 15) is 9.18 Å². The Balaban J connectivity index is 2.80. The topological polar surface area (TPSA) is 26.3 Å². The number of halogens is 2. The van der Waals surface area contributed by atoms with Gasteiger partial charge in [-0.25, -0.2) is 9.18 Å². The normalized spacial score (nSPS) is 9.93. The molecule has 0 aliphatic carbocycles. The molecule has 0 N–H and O–H groups in total. The lowest BCUT2D eigenvalue weighted by atomic mass is 10.2. The van der Waals surface area contributed by atoms with E-state index in [2.05, 4.69) is 0 Å². The molecule has 0 saturated carbocycles. The molecule has 0 atom stereocenters. The van der Waals surface area contributed by atoms with Crippen LogP contribution in [-0.2, 0) is 4.74 Å². The van der Waals surface area contributed by atoms with Gasteiger partial charge in [0, 0.05) is 5.02 Å². The number of carbonyl (C=O) groups is 1. The molecule has 0 amide bonds. The molecular weight excluding hydrogens is 207 g/mol. The molecule has 0 radical (unpaired) electrons. The molecule has 0 aromatic heterocycles. The van der Waals surface area contributed by atoms with E-state index >= 15 is 0 Å². The van der Waals surface area contributed by atoms with Crippen molar-refractivity contribution in [3.63, 3.8) is 0 Å². The highest BCUT2D eigenvalue weighted by atomic mass is 35.5. The number of esters is 1. The van der Waals surface area contributed by atoms with Crippen molar-refractivity contribution in [1.82, 2.24) is 0 Å². The van der Waals surface area contributed by atoms with Crippen LogP contribution >= 0.6 is 11.6 Å². The lowest BCUT2D eigenvalue weighted by Crippen LogP contribution is -2.07. The minimum absolute atomic E-state index is 0.0807. The maximum Gasteiger partial charge on any atom is 0.341 e. The summed E-state index contributed by atoms with van der Waals surface area (Å²) in [6, 6.07) is 3.85. The summed E-state index contributed by atoms with van der Waals surface area (Å²) >= 11 is 5.53. The number of carbonyl (C=O) groups excluding carboxylic acids is 1. The number of hydrogen-bond acceptors (Lipinski definition) is 2. The average Bonchev–Trinajstić information content (AvgIpc) is 2.14. The van der Waals surface area contributed by atoms with E-state index in [1.807, 2.05) is 6.92 Å². The predicted octanol–water partition coefficient (Wildman–Crippen LogP) is 3.05. The van der Waals surface area contributed by atoms with Crippen molar-refractivity contribution in [2.75, 3.05) is 6.61 Å². The SMILES string of the molecule is CCCOC(=O)c1ccc(Cl)cc1F. The van der Waals surface area contributed by atoms with Gasteiger partial charge in [0.2, 0.25) is 0 Å². The van der Waals surface area contributed by atoms with Gasteiger partial charge in [-0.1, -0.05) is 18.5 Å². The third kappa shape index (κ3) is 2.70. The van der Waals surface area contributed by atoms with E-state index in [-0.39, 0.29) is 10.6 Å². The fourth-order valence-corrected chi connectivity index (χ4v) is 1.09. The molecule has 0 heterocycles. The van der Waals surface area contributed by atoms with Crippen molar-refractivity contribution in [3.8, 4) is 0 Å². The molecule has 0 bridgehead atoms. The van der Waals surface area contributed by atoms with Crippen LogP contribution in [0.15, 0.2) is 18.2 Å². The largest absolute Gasteiger partial charge is 0.462 e. The molecular formula is C10H10ClFO2. The smallest absolute Gasteiger partial charge is 0.341 e. The number of ether oxygens (including phenoxy) is 1. The van der Waals surface area contributed by atoms with Crippen molar-refractivity contribution < 1.29 is 13.9 Å². The molecule has 1 aromatic carbocycles. The van der Waals surface area contributed by atoms with Gasteiger partial charge < -0.3 is 4.74 Å². The first kappa shape index (κ1) is 11.0. The Hall–Kier alpha value is -1.09. The summed E-state index contributed by atoms with van der Waals surface area (Å²) in [5.41, 5.74) is -0.0807. The first-order valence-electron chi connectivity index (χ1n) is 4.27. The summed E-state index contributed by atoms with van der Waals surface area (Å²) in [5, 5.41) is 0.259. The molecule has 1 aromatic rings. The molecule has 0 spiro atoms. The minimum atomic E-state index is -0.654. The highest BCUT2D eigenvalue weighted by Gasteiger charge is 2.12. The van der Waals surface area contributed by atoms with Gasteiger partial charge in [0.1, 0.15) is 5.82 Å². The van der Waals surface area contributed by atoms with Crippen LogP contribution in [0.1, 0.15) is 23.7 Å². The van der Waals surface area contributed by atoms with Crippen LogP contribution in [0.3, 0.4) is 0 Å². The van der Waals surface area contributed by atoms with Crippen molar-refractivity contribution in [1.29, 1.82) is 0 Å². The fraction of sp³-hybridized carbons (Fsp3) is 0.300. The quantitative estimate of drug-likeness (QED) is 0.726. The van der Waals surface area contributed by atoms with Crippen LogP contribution in [0, 0.1) is 5.82 Å². The van der Waals surface area contributed by atoms with E-state index in [4.69, 9.17) is 16.3 Å². The third-order valence-corrected chi connectivity index (χ3v) is 1.82. The second kappa shape index (κ2) is 4.96. The van der Waals surface area contributed by atoms with Crippen molar-refractivity contribution in [2.45, 2.75) is 13.3 Å². The highest BCUT2D eigenvalue weighted by molar-refractivity contribution is 6.30. The maximum atomic E-state index is 13.1. The number of rotatable bonds is 3. The third-order valence-electron chi connectivity index (χ3n) is 1.59. The van der Waals surface area contributed by atoms with E-state index < -0.39 is 11.8 Å². The molecule has 4 heteroatoms. The molecule has 0 aliphatic rings. The van der Waals surface area contributed by atoms with Crippen molar-refractivity contribution >= 4 is 17.6 Å². The van der Waals surface area contributed by atoms with Crippen molar-refractivity contribution in [3.05, 3.63) is 34.6 Å². The summed E-state index contributed by atoms with van der Waals surface area (Å²) in [4.78, 5) is 11.2. The van der Waals surface area contributed by atoms with Crippen molar-refractivity contribution in [2.24, 2.45) is 0 Å². The van der Waals surface area contributed by atoms with Crippen LogP contribution in [0.5, 0.6) is 0 Å². The molecule has 0 saturated heterocycles. The second-order valence-corrected chi connectivity index (χ2v) is 3.20. The van der Waals surface area contributed by atoms with E-state index in [0.29, 0.717) is 13.0 Å². The average molecular weight is 217 g/mol. The first-order chi connectivity index (χ1) is 6.65. The Morgan fingerprint density at radius 2 is 2.29 bits per heavy atom. The Labute approximate surface area is 86.6 Å². The molecule has 0 fully saturated rings. The van der Waals surface area contributed by atoms with Crippen LogP contribution in [0.4, 0.5) is 4.39 Å². The van der Waals surface area contributed by atoms with Gasteiger partial charge in [0.05, 0.1) is 12.2 Å². The number of benzene rings is 1. The molecule has 2 nitrogen and oxygen atoms in total. The van der Waals surface area contributed by atoms with Gasteiger partial charge in [0.15, 0.2) is 0 Å². The zero-order valence-electron chi connectivity index (χ0n) is 7.72. The fourth-order valence-electron chi connectivity index (χ4n) is 0.928. The summed E-state index contributed by atoms with van der Waals surface area (Å²) in [6.45, 7) is 2.16. The van der Waals surface area contributed by atoms with Gasteiger partial charge in [0.25, 0.3) is 0 Å². The zero-order valence-corrected chi connectivity index (χ0v) is 8.47. The Morgan fingerprint density at radius 1 is 1.57 bits per heavy atom. The zero-order chi connectivity index (χ0) is 10.6. The van der Waals surface area contributed by atoms with Gasteiger partial charge in [-0.15, -0.1) is 0 Å². The predicted molar refractivity (Wildman–Crippen MR) is 52.0 cm³/mol. The number of hydrogen-bond donors (Lipinski definition) is 0. The van der Waals surface area contributed by atoms with E-state index in [1.165, 1.54) is 12.1 Å². The van der Waals surface area contributed by atoms with Gasteiger partial charge >= 0.3 is 5.97 Å². The molecule has 0 unspecified atom stereocenters. The molecule has 1 rings (SSSR count). The van der Waals surface area contributed by atoms with Crippen LogP contribution in [0.2, 0.25) is 5.02 Å².